The van der Waals surface area contributed by atoms with Gasteiger partial charge in [0.25, 0.3) is 5.91 Å². The molecule has 0 saturated carbocycles. The average Bonchev–Trinajstić information content (AvgIpc) is 3.27. The van der Waals surface area contributed by atoms with Crippen LogP contribution in [0.4, 0.5) is 5.00 Å². The number of anilines is 1. The van der Waals surface area contributed by atoms with Gasteiger partial charge in [-0.1, -0.05) is 18.2 Å². The number of nitrogens with zero attached hydrogens (tertiary/aromatic N) is 3. The van der Waals surface area contributed by atoms with Crippen molar-refractivity contribution in [2.75, 3.05) is 5.32 Å². The molecule has 0 saturated heterocycles. The van der Waals surface area contributed by atoms with E-state index in [2.05, 4.69) is 16.0 Å². The first-order valence-corrected chi connectivity index (χ1v) is 11.1. The lowest BCUT2D eigenvalue weighted by Crippen LogP contribution is -2.13. The highest BCUT2D eigenvalue weighted by Crippen LogP contribution is 2.37. The van der Waals surface area contributed by atoms with Gasteiger partial charge in [0.1, 0.15) is 22.7 Å². The molecule has 1 N–H and O–H groups in total. The van der Waals surface area contributed by atoms with E-state index in [9.17, 15) is 15.3 Å². The molecule has 0 bridgehead atoms. The molecule has 5 nitrogen and oxygen atoms in total. The van der Waals surface area contributed by atoms with Gasteiger partial charge in [-0.3, -0.25) is 4.79 Å². The van der Waals surface area contributed by atoms with Gasteiger partial charge in [0.05, 0.1) is 5.56 Å². The Kier molecular flexibility index (Phi) is 5.75. The van der Waals surface area contributed by atoms with E-state index < -0.39 is 5.91 Å². The highest BCUT2D eigenvalue weighted by Gasteiger charge is 2.23. The lowest BCUT2D eigenvalue weighted by Gasteiger charge is -2.09. The molecule has 0 aliphatic heterocycles. The van der Waals surface area contributed by atoms with Gasteiger partial charge < -0.3 is 9.88 Å². The Hall–Kier alpha value is -3.61. The molecule has 2 aromatic heterocycles. The molecule has 0 atom stereocenters. The predicted octanol–water partition coefficient (Wildman–Crippen LogP) is 5.45. The van der Waals surface area contributed by atoms with E-state index in [4.69, 9.17) is 0 Å². The quantitative estimate of drug-likeness (QED) is 0.445. The van der Waals surface area contributed by atoms with Crippen LogP contribution in [0.25, 0.3) is 11.8 Å². The van der Waals surface area contributed by atoms with Crippen molar-refractivity contribution in [3.05, 3.63) is 74.9 Å². The number of rotatable bonds is 4. The van der Waals surface area contributed by atoms with Gasteiger partial charge in [-0.25, -0.2) is 0 Å². The summed E-state index contributed by atoms with van der Waals surface area (Å²) >= 11 is 1.46. The van der Waals surface area contributed by atoms with Crippen LogP contribution < -0.4 is 5.32 Å². The summed E-state index contributed by atoms with van der Waals surface area (Å²) < 4.78 is 2.10. The van der Waals surface area contributed by atoms with Crippen molar-refractivity contribution in [1.82, 2.24) is 4.57 Å². The zero-order valence-electron chi connectivity index (χ0n) is 17.5. The number of carbonyl (C=O) groups is 1. The van der Waals surface area contributed by atoms with Crippen molar-refractivity contribution in [1.29, 1.82) is 10.5 Å². The molecule has 1 aromatic carbocycles. The minimum Gasteiger partial charge on any atom is -0.318 e. The third-order valence-electron chi connectivity index (χ3n) is 5.66. The third kappa shape index (κ3) is 3.91. The number of para-hydroxylation sites is 1. The number of amides is 1. The number of nitriles is 2. The van der Waals surface area contributed by atoms with Crippen LogP contribution in [-0.2, 0) is 17.6 Å². The largest absolute Gasteiger partial charge is 0.318 e. The number of thiophene rings is 1. The SMILES string of the molecule is Cc1cc(/C=C(\C#N)C(=O)Nc2sc3c(c2C#N)CCCC3)c(C)n1-c1ccccc1. The summed E-state index contributed by atoms with van der Waals surface area (Å²) in [5, 5.41) is 22.6. The zero-order valence-corrected chi connectivity index (χ0v) is 18.3. The molecule has 0 radical (unpaired) electrons. The molecular formula is C25H22N4OS. The Morgan fingerprint density at radius 1 is 1.16 bits per heavy atom. The lowest BCUT2D eigenvalue weighted by atomic mass is 9.96. The van der Waals surface area contributed by atoms with Crippen LogP contribution in [0.1, 0.15) is 45.8 Å². The maximum Gasteiger partial charge on any atom is 0.266 e. The van der Waals surface area contributed by atoms with Crippen molar-refractivity contribution < 1.29 is 4.79 Å². The fourth-order valence-corrected chi connectivity index (χ4v) is 5.39. The average molecular weight is 427 g/mol. The van der Waals surface area contributed by atoms with Gasteiger partial charge in [0.2, 0.25) is 0 Å². The molecule has 1 amide bonds. The molecule has 2 heterocycles. The summed E-state index contributed by atoms with van der Waals surface area (Å²) in [7, 11) is 0. The van der Waals surface area contributed by atoms with Crippen LogP contribution in [-0.4, -0.2) is 10.5 Å². The van der Waals surface area contributed by atoms with Gasteiger partial charge in [-0.15, -0.1) is 11.3 Å². The van der Waals surface area contributed by atoms with Crippen LogP contribution in [0, 0.1) is 36.5 Å². The maximum atomic E-state index is 12.9. The number of aryl methyl sites for hydroxylation is 2. The van der Waals surface area contributed by atoms with Crippen LogP contribution in [0.2, 0.25) is 0 Å². The summed E-state index contributed by atoms with van der Waals surface area (Å²) in [6.45, 7) is 3.97. The van der Waals surface area contributed by atoms with Crippen molar-refractivity contribution in [2.24, 2.45) is 0 Å². The number of hydrogen-bond acceptors (Lipinski definition) is 4. The van der Waals surface area contributed by atoms with E-state index in [0.29, 0.717) is 10.6 Å². The fraction of sp³-hybridized carbons (Fsp3) is 0.240. The Morgan fingerprint density at radius 3 is 2.61 bits per heavy atom. The van der Waals surface area contributed by atoms with Crippen LogP contribution in [0.5, 0.6) is 0 Å². The van der Waals surface area contributed by atoms with E-state index >= 15 is 0 Å². The van der Waals surface area contributed by atoms with E-state index in [-0.39, 0.29) is 5.57 Å². The molecule has 0 unspecified atom stereocenters. The van der Waals surface area contributed by atoms with E-state index in [1.807, 2.05) is 56.3 Å². The number of carbonyl (C=O) groups excluding carboxylic acids is 1. The summed E-state index contributed by atoms with van der Waals surface area (Å²) in [5.74, 6) is -0.484. The highest BCUT2D eigenvalue weighted by molar-refractivity contribution is 7.16. The number of benzene rings is 1. The normalized spacial score (nSPS) is 13.2. The van der Waals surface area contributed by atoms with Crippen molar-refractivity contribution in [3.63, 3.8) is 0 Å². The standard InChI is InChI=1S/C25H22N4OS/c1-16-12-18(17(2)29(16)20-8-4-3-5-9-20)13-19(14-26)24(30)28-25-22(15-27)21-10-6-7-11-23(21)31-25/h3-5,8-9,12-13H,6-7,10-11H2,1-2H3,(H,28,30)/b19-13+. The van der Waals surface area contributed by atoms with Gasteiger partial charge >= 0.3 is 0 Å². The van der Waals surface area contributed by atoms with Crippen molar-refractivity contribution >= 4 is 28.3 Å². The second-order valence-corrected chi connectivity index (χ2v) is 8.75. The first kappa shape index (κ1) is 20.7. The monoisotopic (exact) mass is 426 g/mol. The number of hydrogen-bond donors (Lipinski definition) is 1. The van der Waals surface area contributed by atoms with Crippen LogP contribution in [0.3, 0.4) is 0 Å². The van der Waals surface area contributed by atoms with Gasteiger partial charge in [0, 0.05) is 22.0 Å². The Morgan fingerprint density at radius 2 is 1.90 bits per heavy atom. The van der Waals surface area contributed by atoms with Gasteiger partial charge in [-0.2, -0.15) is 10.5 Å². The minimum atomic E-state index is -0.484. The molecule has 0 fully saturated rings. The first-order chi connectivity index (χ1) is 15.0. The lowest BCUT2D eigenvalue weighted by molar-refractivity contribution is -0.112. The maximum absolute atomic E-state index is 12.9. The summed E-state index contributed by atoms with van der Waals surface area (Å²) in [4.78, 5) is 14.1. The second-order valence-electron chi connectivity index (χ2n) is 7.65. The molecular weight excluding hydrogens is 404 g/mol. The molecule has 31 heavy (non-hydrogen) atoms. The molecule has 3 aromatic rings. The van der Waals surface area contributed by atoms with E-state index in [0.717, 1.165) is 53.9 Å². The van der Waals surface area contributed by atoms with E-state index in [1.54, 1.807) is 6.08 Å². The molecule has 0 spiro atoms. The Balaban J connectivity index is 1.65. The molecule has 6 heteroatoms. The van der Waals surface area contributed by atoms with Crippen molar-refractivity contribution in [3.8, 4) is 17.8 Å². The van der Waals surface area contributed by atoms with Gasteiger partial charge in [0.15, 0.2) is 0 Å². The summed E-state index contributed by atoms with van der Waals surface area (Å²) in [5.41, 5.74) is 5.44. The fourth-order valence-electron chi connectivity index (χ4n) is 4.15. The zero-order chi connectivity index (χ0) is 22.0. The molecule has 1 aliphatic carbocycles. The minimum absolute atomic E-state index is 0.0172. The smallest absolute Gasteiger partial charge is 0.266 e. The Labute approximate surface area is 185 Å². The van der Waals surface area contributed by atoms with Crippen LogP contribution >= 0.6 is 11.3 Å². The first-order valence-electron chi connectivity index (χ1n) is 10.3. The topological polar surface area (TPSA) is 81.6 Å². The van der Waals surface area contributed by atoms with Crippen molar-refractivity contribution in [2.45, 2.75) is 39.5 Å². The number of aromatic nitrogens is 1. The molecule has 154 valence electrons. The van der Waals surface area contributed by atoms with E-state index in [1.165, 1.54) is 16.2 Å². The molecule has 4 rings (SSSR count). The number of nitrogens with one attached hydrogen (secondary N) is 1. The summed E-state index contributed by atoms with van der Waals surface area (Å²) in [6.07, 6.45) is 5.60. The number of fused-ring (bicyclic) bond motifs is 1. The Bertz CT molecular complexity index is 1270. The molecule has 1 aliphatic rings. The van der Waals surface area contributed by atoms with Crippen LogP contribution in [0.15, 0.2) is 42.0 Å². The van der Waals surface area contributed by atoms with Gasteiger partial charge in [-0.05, 0) is 74.9 Å². The third-order valence-corrected chi connectivity index (χ3v) is 6.87. The summed E-state index contributed by atoms with van der Waals surface area (Å²) in [6, 6.07) is 16.2. The predicted molar refractivity (Wildman–Crippen MR) is 123 cm³/mol. The highest BCUT2D eigenvalue weighted by atomic mass is 32.1. The second kappa shape index (κ2) is 8.63.